The molecule has 20 heavy (non-hydrogen) atoms. The molecule has 1 aromatic rings. The zero-order chi connectivity index (χ0) is 15.1. The third kappa shape index (κ3) is 5.07. The summed E-state index contributed by atoms with van der Waals surface area (Å²) < 4.78 is 5.09. The number of aliphatic carboxylic acids is 1. The van der Waals surface area contributed by atoms with Crippen molar-refractivity contribution in [2.75, 3.05) is 6.54 Å². The highest BCUT2D eigenvalue weighted by molar-refractivity contribution is 5.94. The van der Waals surface area contributed by atoms with E-state index in [9.17, 15) is 9.59 Å². The Morgan fingerprint density at radius 1 is 1.35 bits per heavy atom. The molecule has 0 aliphatic heterocycles. The number of carboxylic acids is 1. The Kier molecular flexibility index (Phi) is 6.28. The Bertz CT molecular complexity index is 450. The van der Waals surface area contributed by atoms with Crippen LogP contribution in [0.1, 0.15) is 49.2 Å². The molecule has 0 saturated carbocycles. The minimum Gasteiger partial charge on any atom is -0.481 e. The van der Waals surface area contributed by atoms with Gasteiger partial charge in [0.25, 0.3) is 5.91 Å². The lowest BCUT2D eigenvalue weighted by Crippen LogP contribution is -2.27. The summed E-state index contributed by atoms with van der Waals surface area (Å²) in [6, 6.07) is 1.65. The van der Waals surface area contributed by atoms with Crippen LogP contribution in [0.25, 0.3) is 0 Å². The van der Waals surface area contributed by atoms with Crippen LogP contribution in [0.3, 0.4) is 0 Å². The van der Waals surface area contributed by atoms with Gasteiger partial charge in [-0.1, -0.05) is 13.8 Å². The quantitative estimate of drug-likeness (QED) is 0.768. The largest absolute Gasteiger partial charge is 0.481 e. The van der Waals surface area contributed by atoms with E-state index in [0.29, 0.717) is 36.1 Å². The van der Waals surface area contributed by atoms with Gasteiger partial charge in [-0.3, -0.25) is 9.59 Å². The topological polar surface area (TPSA) is 79.5 Å². The fourth-order valence-electron chi connectivity index (χ4n) is 2.21. The molecule has 0 radical (unpaired) electrons. The third-order valence-electron chi connectivity index (χ3n) is 3.58. The molecular formula is C15H23NO4. The van der Waals surface area contributed by atoms with Gasteiger partial charge in [-0.15, -0.1) is 0 Å². The first-order chi connectivity index (χ1) is 9.41. The van der Waals surface area contributed by atoms with Gasteiger partial charge >= 0.3 is 5.97 Å². The number of carbonyl (C=O) groups excluding carboxylic acids is 1. The van der Waals surface area contributed by atoms with Crippen molar-refractivity contribution < 1.29 is 19.1 Å². The molecule has 1 rings (SSSR count). The summed E-state index contributed by atoms with van der Waals surface area (Å²) in [4.78, 5) is 22.5. The van der Waals surface area contributed by atoms with Gasteiger partial charge in [0.2, 0.25) is 0 Å². The summed E-state index contributed by atoms with van der Waals surface area (Å²) in [6.45, 7) is 6.45. The van der Waals surface area contributed by atoms with Gasteiger partial charge in [-0.2, -0.15) is 0 Å². The van der Waals surface area contributed by atoms with E-state index in [1.54, 1.807) is 13.0 Å². The zero-order valence-corrected chi connectivity index (χ0v) is 12.3. The van der Waals surface area contributed by atoms with Gasteiger partial charge in [0.05, 0.1) is 11.8 Å². The van der Waals surface area contributed by atoms with Crippen molar-refractivity contribution in [2.24, 2.45) is 11.8 Å². The molecule has 1 aromatic heterocycles. The van der Waals surface area contributed by atoms with E-state index in [0.717, 1.165) is 6.42 Å². The summed E-state index contributed by atoms with van der Waals surface area (Å²) in [6.07, 6.45) is 3.10. The molecule has 1 atom stereocenters. The molecule has 1 unspecified atom stereocenters. The number of amides is 1. The molecule has 1 heterocycles. The smallest absolute Gasteiger partial charge is 0.303 e. The molecule has 5 nitrogen and oxygen atoms in total. The fraction of sp³-hybridized carbons (Fsp3) is 0.600. The molecule has 0 spiro atoms. The summed E-state index contributed by atoms with van der Waals surface area (Å²) >= 11 is 0. The fourth-order valence-corrected chi connectivity index (χ4v) is 2.21. The number of nitrogens with one attached hydrogen (secondary N) is 1. The first-order valence-corrected chi connectivity index (χ1v) is 6.96. The molecule has 0 fully saturated rings. The maximum absolute atomic E-state index is 11.9. The van der Waals surface area contributed by atoms with Crippen molar-refractivity contribution in [3.63, 3.8) is 0 Å². The molecule has 112 valence electrons. The number of hydrogen-bond donors (Lipinski definition) is 2. The predicted octanol–water partition coefficient (Wildman–Crippen LogP) is 2.84. The Morgan fingerprint density at radius 2 is 2.05 bits per heavy atom. The van der Waals surface area contributed by atoms with Gasteiger partial charge in [0, 0.05) is 13.0 Å². The predicted molar refractivity (Wildman–Crippen MR) is 75.6 cm³/mol. The van der Waals surface area contributed by atoms with E-state index in [-0.39, 0.29) is 12.3 Å². The molecule has 0 aliphatic carbocycles. The van der Waals surface area contributed by atoms with Crippen LogP contribution in [0.4, 0.5) is 0 Å². The van der Waals surface area contributed by atoms with Crippen LogP contribution in [0.2, 0.25) is 0 Å². The van der Waals surface area contributed by atoms with E-state index in [1.807, 2.05) is 0 Å². The first-order valence-electron chi connectivity index (χ1n) is 6.96. The van der Waals surface area contributed by atoms with Crippen LogP contribution < -0.4 is 5.32 Å². The summed E-state index contributed by atoms with van der Waals surface area (Å²) in [5.41, 5.74) is 0.552. The maximum atomic E-state index is 11.9. The van der Waals surface area contributed by atoms with Gasteiger partial charge in [-0.25, -0.2) is 0 Å². The van der Waals surface area contributed by atoms with E-state index in [1.165, 1.54) is 6.26 Å². The van der Waals surface area contributed by atoms with Crippen LogP contribution in [-0.2, 0) is 4.79 Å². The molecule has 0 aromatic carbocycles. The Labute approximate surface area is 119 Å². The lowest BCUT2D eigenvalue weighted by Gasteiger charge is -2.20. The third-order valence-corrected chi connectivity index (χ3v) is 3.58. The number of rotatable bonds is 8. The van der Waals surface area contributed by atoms with Crippen LogP contribution >= 0.6 is 0 Å². The molecule has 0 aliphatic rings. The lowest BCUT2D eigenvalue weighted by atomic mass is 9.88. The van der Waals surface area contributed by atoms with Gasteiger partial charge in [0.15, 0.2) is 0 Å². The second-order valence-corrected chi connectivity index (χ2v) is 5.37. The monoisotopic (exact) mass is 281 g/mol. The lowest BCUT2D eigenvalue weighted by molar-refractivity contribution is -0.137. The minimum atomic E-state index is -0.770. The van der Waals surface area contributed by atoms with Gasteiger partial charge in [0.1, 0.15) is 5.76 Å². The number of hydrogen-bond acceptors (Lipinski definition) is 3. The Balaban J connectivity index is 2.38. The van der Waals surface area contributed by atoms with Crippen molar-refractivity contribution in [3.05, 3.63) is 23.7 Å². The summed E-state index contributed by atoms with van der Waals surface area (Å²) in [7, 11) is 0. The van der Waals surface area contributed by atoms with Crippen molar-refractivity contribution in [1.82, 2.24) is 5.32 Å². The summed E-state index contributed by atoms with van der Waals surface area (Å²) in [5.74, 6) is 0.401. The highest BCUT2D eigenvalue weighted by Crippen LogP contribution is 2.20. The molecule has 2 N–H and O–H groups in total. The van der Waals surface area contributed by atoms with Crippen molar-refractivity contribution >= 4 is 11.9 Å². The second-order valence-electron chi connectivity index (χ2n) is 5.37. The molecule has 0 bridgehead atoms. The molecular weight excluding hydrogens is 258 g/mol. The number of carbonyl (C=O) groups is 2. The Morgan fingerprint density at radius 3 is 2.55 bits per heavy atom. The van der Waals surface area contributed by atoms with Crippen LogP contribution in [0.5, 0.6) is 0 Å². The van der Waals surface area contributed by atoms with Crippen LogP contribution in [-0.4, -0.2) is 23.5 Å². The average Bonchev–Trinajstić information content (AvgIpc) is 2.78. The maximum Gasteiger partial charge on any atom is 0.303 e. The van der Waals surface area contributed by atoms with Gasteiger partial charge < -0.3 is 14.8 Å². The standard InChI is InChI=1S/C15H23NO4/c1-10(2)12(4-5-14(17)18)6-8-16-15(19)13-7-9-20-11(13)3/h7,9-10,12H,4-6,8H2,1-3H3,(H,16,19)(H,17,18). The van der Waals surface area contributed by atoms with Crippen LogP contribution in [0, 0.1) is 18.8 Å². The highest BCUT2D eigenvalue weighted by atomic mass is 16.4. The van der Waals surface area contributed by atoms with Crippen molar-refractivity contribution in [2.45, 2.75) is 40.0 Å². The zero-order valence-electron chi connectivity index (χ0n) is 12.3. The molecule has 5 heteroatoms. The average molecular weight is 281 g/mol. The van der Waals surface area contributed by atoms with E-state index in [2.05, 4.69) is 19.2 Å². The number of aryl methyl sites for hydroxylation is 1. The van der Waals surface area contributed by atoms with Gasteiger partial charge in [-0.05, 0) is 37.7 Å². The highest BCUT2D eigenvalue weighted by Gasteiger charge is 2.16. The minimum absolute atomic E-state index is 0.142. The molecule has 0 saturated heterocycles. The van der Waals surface area contributed by atoms with E-state index >= 15 is 0 Å². The number of furan rings is 1. The van der Waals surface area contributed by atoms with E-state index in [4.69, 9.17) is 9.52 Å². The van der Waals surface area contributed by atoms with Crippen molar-refractivity contribution in [1.29, 1.82) is 0 Å². The SMILES string of the molecule is Cc1occc1C(=O)NCCC(CCC(=O)O)C(C)C. The molecule has 1 amide bonds. The van der Waals surface area contributed by atoms with E-state index < -0.39 is 5.97 Å². The number of carboxylic acid groups (broad SMARTS) is 1. The van der Waals surface area contributed by atoms with Crippen LogP contribution in [0.15, 0.2) is 16.7 Å². The second kappa shape index (κ2) is 7.72. The Hall–Kier alpha value is -1.78. The first kappa shape index (κ1) is 16.3. The van der Waals surface area contributed by atoms with Crippen molar-refractivity contribution in [3.8, 4) is 0 Å². The summed E-state index contributed by atoms with van der Waals surface area (Å²) in [5, 5.41) is 11.6. The normalized spacial score (nSPS) is 12.4.